The summed E-state index contributed by atoms with van der Waals surface area (Å²) in [5.74, 6) is 1.03. The molecule has 3 aromatic rings. The van der Waals surface area contributed by atoms with Gasteiger partial charge in [-0.3, -0.25) is 4.98 Å². The standard InChI is InChI=1S/C21H23N/c1-14(2)19-6-5-7-20(15(3)4)21(19)17-8-9-18-13-22-11-10-16(18)12-17/h5-15H,1-4H3. The van der Waals surface area contributed by atoms with E-state index in [9.17, 15) is 0 Å². The first-order valence-corrected chi connectivity index (χ1v) is 8.05. The summed E-state index contributed by atoms with van der Waals surface area (Å²) in [5.41, 5.74) is 5.58. The van der Waals surface area contributed by atoms with Gasteiger partial charge in [0.15, 0.2) is 0 Å². The number of pyridine rings is 1. The Morgan fingerprint density at radius 3 is 2.09 bits per heavy atom. The van der Waals surface area contributed by atoms with Gasteiger partial charge >= 0.3 is 0 Å². The van der Waals surface area contributed by atoms with Gasteiger partial charge in [-0.2, -0.15) is 0 Å². The molecule has 0 bridgehead atoms. The van der Waals surface area contributed by atoms with Crippen molar-refractivity contribution in [3.8, 4) is 11.1 Å². The van der Waals surface area contributed by atoms with Crippen LogP contribution in [0.5, 0.6) is 0 Å². The lowest BCUT2D eigenvalue weighted by atomic mass is 9.84. The average Bonchev–Trinajstić information content (AvgIpc) is 2.53. The van der Waals surface area contributed by atoms with E-state index >= 15 is 0 Å². The molecule has 0 atom stereocenters. The van der Waals surface area contributed by atoms with E-state index in [1.807, 2.05) is 12.4 Å². The first-order chi connectivity index (χ1) is 10.6. The Hall–Kier alpha value is -2.15. The minimum absolute atomic E-state index is 0.516. The van der Waals surface area contributed by atoms with Crippen molar-refractivity contribution in [3.05, 3.63) is 66.0 Å². The minimum atomic E-state index is 0.516. The molecule has 0 aliphatic heterocycles. The zero-order chi connectivity index (χ0) is 15.7. The van der Waals surface area contributed by atoms with Crippen LogP contribution < -0.4 is 0 Å². The van der Waals surface area contributed by atoms with Crippen molar-refractivity contribution < 1.29 is 0 Å². The molecule has 22 heavy (non-hydrogen) atoms. The van der Waals surface area contributed by atoms with Crippen molar-refractivity contribution in [3.63, 3.8) is 0 Å². The molecule has 0 aliphatic rings. The summed E-state index contributed by atoms with van der Waals surface area (Å²) in [6.45, 7) is 9.09. The molecule has 1 nitrogen and oxygen atoms in total. The van der Waals surface area contributed by atoms with Crippen molar-refractivity contribution in [1.82, 2.24) is 4.98 Å². The third kappa shape index (κ3) is 2.64. The van der Waals surface area contributed by atoms with Crippen LogP contribution in [0.4, 0.5) is 0 Å². The predicted molar refractivity (Wildman–Crippen MR) is 95.4 cm³/mol. The van der Waals surface area contributed by atoms with Crippen LogP contribution in [0, 0.1) is 0 Å². The molecule has 2 aromatic carbocycles. The zero-order valence-corrected chi connectivity index (χ0v) is 13.8. The summed E-state index contributed by atoms with van der Waals surface area (Å²) >= 11 is 0. The van der Waals surface area contributed by atoms with Gasteiger partial charge in [-0.05, 0) is 51.6 Å². The van der Waals surface area contributed by atoms with Crippen LogP contribution in [0.3, 0.4) is 0 Å². The highest BCUT2D eigenvalue weighted by atomic mass is 14.6. The molecule has 0 amide bonds. The smallest absolute Gasteiger partial charge is 0.0346 e. The van der Waals surface area contributed by atoms with Gasteiger partial charge in [0.1, 0.15) is 0 Å². The normalized spacial score (nSPS) is 11.5. The Kier molecular flexibility index (Phi) is 3.98. The maximum absolute atomic E-state index is 4.21. The van der Waals surface area contributed by atoms with Gasteiger partial charge in [0.05, 0.1) is 0 Å². The summed E-state index contributed by atoms with van der Waals surface area (Å²) in [6, 6.07) is 15.5. The summed E-state index contributed by atoms with van der Waals surface area (Å²) in [7, 11) is 0. The molecule has 0 fully saturated rings. The number of fused-ring (bicyclic) bond motifs is 1. The number of nitrogens with zero attached hydrogens (tertiary/aromatic N) is 1. The number of aromatic nitrogens is 1. The first-order valence-electron chi connectivity index (χ1n) is 8.05. The molecule has 0 N–H and O–H groups in total. The molecule has 1 aromatic heterocycles. The van der Waals surface area contributed by atoms with Crippen LogP contribution in [-0.2, 0) is 0 Å². The fourth-order valence-electron chi connectivity index (χ4n) is 3.12. The van der Waals surface area contributed by atoms with E-state index in [0.29, 0.717) is 11.8 Å². The quantitative estimate of drug-likeness (QED) is 0.563. The highest BCUT2D eigenvalue weighted by molar-refractivity contribution is 5.88. The van der Waals surface area contributed by atoms with Crippen LogP contribution in [0.2, 0.25) is 0 Å². The maximum atomic E-state index is 4.21. The molecular formula is C21H23N. The van der Waals surface area contributed by atoms with Gasteiger partial charge in [-0.25, -0.2) is 0 Å². The predicted octanol–water partition coefficient (Wildman–Crippen LogP) is 6.15. The average molecular weight is 289 g/mol. The van der Waals surface area contributed by atoms with Crippen LogP contribution in [0.15, 0.2) is 54.9 Å². The second-order valence-corrected chi connectivity index (χ2v) is 6.56. The fraction of sp³-hybridized carbons (Fsp3) is 0.286. The van der Waals surface area contributed by atoms with Gasteiger partial charge in [-0.1, -0.05) is 58.0 Å². The van der Waals surface area contributed by atoms with Gasteiger partial charge in [0.2, 0.25) is 0 Å². The van der Waals surface area contributed by atoms with E-state index in [1.54, 1.807) is 0 Å². The molecule has 0 saturated carbocycles. The van der Waals surface area contributed by atoms with Crippen LogP contribution in [0.25, 0.3) is 21.9 Å². The fourth-order valence-corrected chi connectivity index (χ4v) is 3.12. The Morgan fingerprint density at radius 1 is 0.773 bits per heavy atom. The Labute approximate surface area is 133 Å². The van der Waals surface area contributed by atoms with Gasteiger partial charge in [-0.15, -0.1) is 0 Å². The molecule has 112 valence electrons. The summed E-state index contributed by atoms with van der Waals surface area (Å²) in [5, 5.41) is 2.44. The van der Waals surface area contributed by atoms with Gasteiger partial charge in [0.25, 0.3) is 0 Å². The van der Waals surface area contributed by atoms with Crippen molar-refractivity contribution in [2.75, 3.05) is 0 Å². The van der Waals surface area contributed by atoms with E-state index < -0.39 is 0 Å². The highest BCUT2D eigenvalue weighted by Crippen LogP contribution is 2.37. The summed E-state index contributed by atoms with van der Waals surface area (Å²) < 4.78 is 0. The Morgan fingerprint density at radius 2 is 1.45 bits per heavy atom. The number of rotatable bonds is 3. The molecule has 0 saturated heterocycles. The zero-order valence-electron chi connectivity index (χ0n) is 13.8. The summed E-state index contributed by atoms with van der Waals surface area (Å²) in [6.07, 6.45) is 3.79. The first kappa shape index (κ1) is 14.8. The van der Waals surface area contributed by atoms with E-state index in [0.717, 1.165) is 0 Å². The Balaban J connectivity index is 2.28. The Bertz CT molecular complexity index is 774. The van der Waals surface area contributed by atoms with Gasteiger partial charge < -0.3 is 0 Å². The van der Waals surface area contributed by atoms with E-state index in [4.69, 9.17) is 0 Å². The van der Waals surface area contributed by atoms with Crippen molar-refractivity contribution in [2.24, 2.45) is 0 Å². The number of hydrogen-bond donors (Lipinski definition) is 0. The minimum Gasteiger partial charge on any atom is -0.264 e. The van der Waals surface area contributed by atoms with Crippen LogP contribution in [-0.4, -0.2) is 4.98 Å². The number of hydrogen-bond acceptors (Lipinski definition) is 1. The molecule has 3 rings (SSSR count). The SMILES string of the molecule is CC(C)c1cccc(C(C)C)c1-c1ccc2cnccc2c1. The van der Waals surface area contributed by atoms with Crippen LogP contribution >= 0.6 is 0 Å². The third-order valence-electron chi connectivity index (χ3n) is 4.30. The molecule has 0 spiro atoms. The highest BCUT2D eigenvalue weighted by Gasteiger charge is 2.15. The molecule has 1 heteroatoms. The van der Waals surface area contributed by atoms with E-state index in [-0.39, 0.29) is 0 Å². The molecule has 0 unspecified atom stereocenters. The molecule has 1 heterocycles. The van der Waals surface area contributed by atoms with Gasteiger partial charge in [0, 0.05) is 17.8 Å². The topological polar surface area (TPSA) is 12.9 Å². The second kappa shape index (κ2) is 5.92. The largest absolute Gasteiger partial charge is 0.264 e. The van der Waals surface area contributed by atoms with Crippen LogP contribution in [0.1, 0.15) is 50.7 Å². The van der Waals surface area contributed by atoms with Crippen molar-refractivity contribution >= 4 is 10.8 Å². The van der Waals surface area contributed by atoms with E-state index in [1.165, 1.54) is 33.0 Å². The molecule has 0 radical (unpaired) electrons. The maximum Gasteiger partial charge on any atom is 0.0346 e. The monoisotopic (exact) mass is 289 g/mol. The number of benzene rings is 2. The van der Waals surface area contributed by atoms with E-state index in [2.05, 4.69) is 75.1 Å². The lowest BCUT2D eigenvalue weighted by molar-refractivity contribution is 0.838. The van der Waals surface area contributed by atoms with Crippen molar-refractivity contribution in [2.45, 2.75) is 39.5 Å². The third-order valence-corrected chi connectivity index (χ3v) is 4.30. The molecule has 0 aliphatic carbocycles. The second-order valence-electron chi connectivity index (χ2n) is 6.56. The molecular weight excluding hydrogens is 266 g/mol. The van der Waals surface area contributed by atoms with Crippen molar-refractivity contribution in [1.29, 1.82) is 0 Å². The lowest BCUT2D eigenvalue weighted by Gasteiger charge is -2.20. The lowest BCUT2D eigenvalue weighted by Crippen LogP contribution is -1.99. The summed E-state index contributed by atoms with van der Waals surface area (Å²) in [4.78, 5) is 4.21.